The van der Waals surface area contributed by atoms with Gasteiger partial charge >= 0.3 is 0 Å². The lowest BCUT2D eigenvalue weighted by atomic mass is 9.79. The van der Waals surface area contributed by atoms with Crippen LogP contribution in [0.15, 0.2) is 34.5 Å². The molecule has 7 heteroatoms. The minimum Gasteiger partial charge on any atom is -0.497 e. The van der Waals surface area contributed by atoms with Crippen molar-refractivity contribution in [1.29, 1.82) is 0 Å². The number of nitrogens with one attached hydrogen (secondary N) is 1. The number of ether oxygens (including phenoxy) is 1. The normalized spacial score (nSPS) is 20.3. The molecule has 5 nitrogen and oxygen atoms in total. The molecule has 1 atom stereocenters. The maximum Gasteiger partial charge on any atom is 0.250 e. The fraction of sp³-hybridized carbons (Fsp3) is 0.444. The summed E-state index contributed by atoms with van der Waals surface area (Å²) in [4.78, 5) is 1.02. The smallest absolute Gasteiger partial charge is 0.250 e. The number of rotatable bonds is 6. The van der Waals surface area contributed by atoms with Crippen LogP contribution in [0.25, 0.3) is 0 Å². The fourth-order valence-electron chi connectivity index (χ4n) is 3.23. The SMILES string of the molecule is CCc1ccc(S(=O)(=O)NCC2(O)CCCc3cc(OC)ccc32)s1. The van der Waals surface area contributed by atoms with Crippen molar-refractivity contribution < 1.29 is 18.3 Å². The van der Waals surface area contributed by atoms with Crippen LogP contribution in [0, 0.1) is 0 Å². The fourth-order valence-corrected chi connectivity index (χ4v) is 5.66. The molecule has 0 saturated carbocycles. The quantitative estimate of drug-likeness (QED) is 0.807. The van der Waals surface area contributed by atoms with Gasteiger partial charge in [-0.05, 0) is 61.1 Å². The molecular formula is C18H23NO4S2. The summed E-state index contributed by atoms with van der Waals surface area (Å²) >= 11 is 1.27. The number of methoxy groups -OCH3 is 1. The van der Waals surface area contributed by atoms with Crippen LogP contribution in [0.1, 0.15) is 35.8 Å². The van der Waals surface area contributed by atoms with Gasteiger partial charge in [0.15, 0.2) is 0 Å². The molecule has 25 heavy (non-hydrogen) atoms. The lowest BCUT2D eigenvalue weighted by Crippen LogP contribution is -2.42. The van der Waals surface area contributed by atoms with Crippen molar-refractivity contribution in [2.75, 3.05) is 13.7 Å². The van der Waals surface area contributed by atoms with Crippen LogP contribution in [-0.4, -0.2) is 27.2 Å². The highest BCUT2D eigenvalue weighted by Gasteiger charge is 2.36. The first-order valence-corrected chi connectivity index (χ1v) is 10.7. The Bertz CT molecular complexity index is 860. The van der Waals surface area contributed by atoms with Gasteiger partial charge in [-0.1, -0.05) is 13.0 Å². The highest BCUT2D eigenvalue weighted by Crippen LogP contribution is 2.37. The summed E-state index contributed by atoms with van der Waals surface area (Å²) in [5.74, 6) is 0.745. The number of fused-ring (bicyclic) bond motifs is 1. The molecular weight excluding hydrogens is 358 g/mol. The summed E-state index contributed by atoms with van der Waals surface area (Å²) in [7, 11) is -2.01. The largest absolute Gasteiger partial charge is 0.497 e. The van der Waals surface area contributed by atoms with Gasteiger partial charge in [0.25, 0.3) is 0 Å². The van der Waals surface area contributed by atoms with Gasteiger partial charge in [0.05, 0.1) is 7.11 Å². The summed E-state index contributed by atoms with van der Waals surface area (Å²) in [6, 6.07) is 9.00. The van der Waals surface area contributed by atoms with Crippen molar-refractivity contribution in [3.63, 3.8) is 0 Å². The second-order valence-electron chi connectivity index (χ2n) is 6.31. The van der Waals surface area contributed by atoms with Gasteiger partial charge in [0, 0.05) is 11.4 Å². The van der Waals surface area contributed by atoms with Crippen molar-refractivity contribution in [3.05, 3.63) is 46.3 Å². The van der Waals surface area contributed by atoms with Crippen LogP contribution >= 0.6 is 11.3 Å². The number of hydrogen-bond acceptors (Lipinski definition) is 5. The van der Waals surface area contributed by atoms with Gasteiger partial charge < -0.3 is 9.84 Å². The molecule has 0 fully saturated rings. The average molecular weight is 382 g/mol. The number of aliphatic hydroxyl groups is 1. The first-order chi connectivity index (χ1) is 11.9. The highest BCUT2D eigenvalue weighted by atomic mass is 32.2. The van der Waals surface area contributed by atoms with E-state index in [9.17, 15) is 13.5 Å². The monoisotopic (exact) mass is 381 g/mol. The number of aryl methyl sites for hydroxylation is 2. The van der Waals surface area contributed by atoms with Crippen LogP contribution in [0.2, 0.25) is 0 Å². The van der Waals surface area contributed by atoms with Crippen molar-refractivity contribution in [2.24, 2.45) is 0 Å². The van der Waals surface area contributed by atoms with Gasteiger partial charge in [-0.3, -0.25) is 0 Å². The average Bonchev–Trinajstić information content (AvgIpc) is 3.10. The topological polar surface area (TPSA) is 75.6 Å². The minimum absolute atomic E-state index is 0.0337. The molecule has 136 valence electrons. The molecule has 1 heterocycles. The first-order valence-electron chi connectivity index (χ1n) is 8.36. The van der Waals surface area contributed by atoms with E-state index in [0.717, 1.165) is 41.0 Å². The Hall–Kier alpha value is -1.41. The Kier molecular flexibility index (Phi) is 5.20. The molecule has 0 amide bonds. The molecule has 0 spiro atoms. The van der Waals surface area contributed by atoms with Gasteiger partial charge in [-0.2, -0.15) is 0 Å². The van der Waals surface area contributed by atoms with E-state index in [1.165, 1.54) is 11.3 Å². The zero-order valence-corrected chi connectivity index (χ0v) is 16.0. The van der Waals surface area contributed by atoms with Gasteiger partial charge in [-0.15, -0.1) is 11.3 Å². The maximum absolute atomic E-state index is 12.5. The van der Waals surface area contributed by atoms with E-state index < -0.39 is 15.6 Å². The molecule has 2 aromatic rings. The summed E-state index contributed by atoms with van der Waals surface area (Å²) in [5, 5.41) is 11.1. The summed E-state index contributed by atoms with van der Waals surface area (Å²) in [6.45, 7) is 1.96. The molecule has 0 radical (unpaired) electrons. The molecule has 1 aliphatic carbocycles. The predicted octanol–water partition coefficient (Wildman–Crippen LogP) is 2.82. The zero-order valence-electron chi connectivity index (χ0n) is 14.4. The number of thiophene rings is 1. The van der Waals surface area contributed by atoms with E-state index >= 15 is 0 Å². The summed E-state index contributed by atoms with van der Waals surface area (Å²) in [6.07, 6.45) is 2.99. The molecule has 1 unspecified atom stereocenters. The highest BCUT2D eigenvalue weighted by molar-refractivity contribution is 7.91. The molecule has 1 aromatic heterocycles. The second-order valence-corrected chi connectivity index (χ2v) is 9.47. The van der Waals surface area contributed by atoms with E-state index in [1.807, 2.05) is 25.1 Å². The van der Waals surface area contributed by atoms with Crippen molar-refractivity contribution in [2.45, 2.75) is 42.4 Å². The Morgan fingerprint density at radius 1 is 1.32 bits per heavy atom. The number of sulfonamides is 1. The third-order valence-electron chi connectivity index (χ3n) is 4.66. The minimum atomic E-state index is -3.62. The van der Waals surface area contributed by atoms with Crippen LogP contribution in [0.5, 0.6) is 5.75 Å². The van der Waals surface area contributed by atoms with Crippen LogP contribution in [-0.2, 0) is 28.5 Å². The molecule has 1 aromatic carbocycles. The Labute approximate surface area is 152 Å². The zero-order chi connectivity index (χ0) is 18.1. The molecule has 0 saturated heterocycles. The third-order valence-corrected chi connectivity index (χ3v) is 7.78. The van der Waals surface area contributed by atoms with E-state index in [-0.39, 0.29) is 6.54 Å². The van der Waals surface area contributed by atoms with Gasteiger partial charge in [0.2, 0.25) is 10.0 Å². The number of benzene rings is 1. The molecule has 0 bridgehead atoms. The summed E-state index contributed by atoms with van der Waals surface area (Å²) in [5.41, 5.74) is 0.594. The van der Waals surface area contributed by atoms with E-state index in [2.05, 4.69) is 4.72 Å². The lowest BCUT2D eigenvalue weighted by molar-refractivity contribution is 0.0242. The van der Waals surface area contributed by atoms with Crippen LogP contribution in [0.4, 0.5) is 0 Å². The van der Waals surface area contributed by atoms with Crippen LogP contribution in [0.3, 0.4) is 0 Å². The summed E-state index contributed by atoms with van der Waals surface area (Å²) < 4.78 is 33.2. The Morgan fingerprint density at radius 2 is 2.12 bits per heavy atom. The van der Waals surface area contributed by atoms with E-state index in [1.54, 1.807) is 19.2 Å². The van der Waals surface area contributed by atoms with Gasteiger partial charge in [-0.25, -0.2) is 13.1 Å². The second kappa shape index (κ2) is 7.07. The molecule has 2 N–H and O–H groups in total. The van der Waals surface area contributed by atoms with Crippen molar-refractivity contribution >= 4 is 21.4 Å². The van der Waals surface area contributed by atoms with E-state index in [4.69, 9.17) is 4.74 Å². The van der Waals surface area contributed by atoms with Crippen molar-refractivity contribution in [1.82, 2.24) is 4.72 Å². The van der Waals surface area contributed by atoms with E-state index in [0.29, 0.717) is 10.6 Å². The molecule has 0 aliphatic heterocycles. The Balaban J connectivity index is 1.81. The standard InChI is InChI=1S/C18H23NO4S2/c1-3-15-7-9-17(24-15)25(21,22)19-12-18(20)10-4-5-13-11-14(23-2)6-8-16(13)18/h6-9,11,19-20H,3-5,10,12H2,1-2H3. The van der Waals surface area contributed by atoms with Crippen LogP contribution < -0.4 is 9.46 Å². The van der Waals surface area contributed by atoms with Crippen molar-refractivity contribution in [3.8, 4) is 5.75 Å². The Morgan fingerprint density at radius 3 is 2.80 bits per heavy atom. The first kappa shape index (κ1) is 18.4. The van der Waals surface area contributed by atoms with Gasteiger partial charge in [0.1, 0.15) is 15.6 Å². The lowest BCUT2D eigenvalue weighted by Gasteiger charge is -2.34. The third kappa shape index (κ3) is 3.74. The molecule has 1 aliphatic rings. The predicted molar refractivity (Wildman–Crippen MR) is 98.7 cm³/mol. The maximum atomic E-state index is 12.5. The molecule has 3 rings (SSSR count). The number of hydrogen-bond donors (Lipinski definition) is 2.